The molecule has 2 aromatic carbocycles. The van der Waals surface area contributed by atoms with E-state index < -0.39 is 41.5 Å². The maximum atomic E-state index is 13.0. The summed E-state index contributed by atoms with van der Waals surface area (Å²) in [5, 5.41) is 2.56. The molecule has 0 aromatic heterocycles. The lowest BCUT2D eigenvalue weighted by molar-refractivity contribution is -0.133. The Balaban J connectivity index is 1.90. The summed E-state index contributed by atoms with van der Waals surface area (Å²) < 4.78 is 31.3. The van der Waals surface area contributed by atoms with E-state index in [0.717, 1.165) is 12.1 Å². The summed E-state index contributed by atoms with van der Waals surface area (Å²) in [6.07, 6.45) is -0.970. The van der Waals surface area contributed by atoms with Gasteiger partial charge in [-0.15, -0.1) is 0 Å². The highest BCUT2D eigenvalue weighted by Crippen LogP contribution is 2.13. The van der Waals surface area contributed by atoms with Crippen LogP contribution in [0, 0.1) is 17.6 Å². The molecule has 0 radical (unpaired) electrons. The molecule has 7 nitrogen and oxygen atoms in total. The van der Waals surface area contributed by atoms with Crippen LogP contribution in [0.3, 0.4) is 0 Å². The lowest BCUT2D eigenvalue weighted by Gasteiger charge is -2.22. The van der Waals surface area contributed by atoms with Crippen molar-refractivity contribution in [3.05, 3.63) is 65.7 Å². The molecule has 0 spiro atoms. The molecule has 3 amide bonds. The van der Waals surface area contributed by atoms with Crippen LogP contribution < -0.4 is 20.9 Å². The second-order valence-corrected chi connectivity index (χ2v) is 6.89. The Kier molecular flexibility index (Phi) is 7.85. The number of hydrazine groups is 1. The number of rotatable bonds is 7. The summed E-state index contributed by atoms with van der Waals surface area (Å²) >= 11 is 0. The summed E-state index contributed by atoms with van der Waals surface area (Å²) in [6, 6.07) is 9.07. The lowest BCUT2D eigenvalue weighted by Crippen LogP contribution is -2.55. The van der Waals surface area contributed by atoms with E-state index in [-0.39, 0.29) is 17.2 Å². The van der Waals surface area contributed by atoms with Gasteiger partial charge in [0.25, 0.3) is 17.7 Å². The number of amides is 3. The first kappa shape index (κ1) is 22.8. The van der Waals surface area contributed by atoms with E-state index in [2.05, 4.69) is 16.2 Å². The monoisotopic (exact) mass is 419 g/mol. The highest BCUT2D eigenvalue weighted by Gasteiger charge is 2.26. The number of ether oxygens (including phenoxy) is 1. The number of carbonyl (C=O) groups excluding carboxylic acids is 3. The molecule has 9 heteroatoms. The minimum Gasteiger partial charge on any atom is -0.481 e. The summed E-state index contributed by atoms with van der Waals surface area (Å²) in [5.74, 6) is -2.75. The first-order valence-corrected chi connectivity index (χ1v) is 9.25. The van der Waals surface area contributed by atoms with Crippen molar-refractivity contribution in [2.24, 2.45) is 5.92 Å². The van der Waals surface area contributed by atoms with Crippen molar-refractivity contribution < 1.29 is 27.9 Å². The van der Waals surface area contributed by atoms with Crippen LogP contribution in [-0.2, 0) is 9.59 Å². The highest BCUT2D eigenvalue weighted by molar-refractivity contribution is 5.97. The Labute approximate surface area is 172 Å². The molecule has 160 valence electrons. The zero-order valence-electron chi connectivity index (χ0n) is 16.7. The van der Waals surface area contributed by atoms with Crippen molar-refractivity contribution in [3.63, 3.8) is 0 Å². The lowest BCUT2D eigenvalue weighted by atomic mass is 10.0. The van der Waals surface area contributed by atoms with E-state index in [4.69, 9.17) is 4.74 Å². The molecule has 2 atom stereocenters. The van der Waals surface area contributed by atoms with Gasteiger partial charge in [-0.25, -0.2) is 8.78 Å². The second kappa shape index (κ2) is 10.3. The van der Waals surface area contributed by atoms with Gasteiger partial charge in [-0.2, -0.15) is 0 Å². The maximum absolute atomic E-state index is 13.0. The van der Waals surface area contributed by atoms with Gasteiger partial charge in [-0.05, 0) is 61.4 Å². The SMILES string of the molecule is CC(Oc1ccc(F)cc1)C(=O)NNC(=O)[C@@H](NC(=O)c1ccc(F)cc1)C(C)C. The fourth-order valence-electron chi connectivity index (χ4n) is 2.43. The van der Waals surface area contributed by atoms with E-state index in [9.17, 15) is 23.2 Å². The van der Waals surface area contributed by atoms with Crippen molar-refractivity contribution >= 4 is 17.7 Å². The molecule has 3 N–H and O–H groups in total. The minimum atomic E-state index is -0.970. The Hall–Kier alpha value is -3.49. The predicted octanol–water partition coefficient (Wildman–Crippen LogP) is 2.33. The Morgan fingerprint density at radius 2 is 1.30 bits per heavy atom. The van der Waals surface area contributed by atoms with E-state index in [1.165, 1.54) is 43.3 Å². The normalized spacial score (nSPS) is 12.6. The van der Waals surface area contributed by atoms with Gasteiger partial charge in [-0.1, -0.05) is 13.8 Å². The number of hydrogen-bond donors (Lipinski definition) is 3. The zero-order chi connectivity index (χ0) is 22.3. The third-order valence-electron chi connectivity index (χ3n) is 4.15. The first-order chi connectivity index (χ1) is 14.2. The molecular formula is C21H23F2N3O4. The maximum Gasteiger partial charge on any atom is 0.279 e. The van der Waals surface area contributed by atoms with E-state index in [1.807, 2.05) is 0 Å². The van der Waals surface area contributed by atoms with Gasteiger partial charge in [0.2, 0.25) is 0 Å². The summed E-state index contributed by atoms with van der Waals surface area (Å²) in [4.78, 5) is 36.9. The van der Waals surface area contributed by atoms with Crippen molar-refractivity contribution in [2.45, 2.75) is 32.9 Å². The van der Waals surface area contributed by atoms with Crippen LogP contribution in [0.15, 0.2) is 48.5 Å². The molecule has 0 aliphatic rings. The molecule has 0 aliphatic heterocycles. The van der Waals surface area contributed by atoms with Gasteiger partial charge in [0.15, 0.2) is 6.10 Å². The molecule has 0 aliphatic carbocycles. The third-order valence-corrected chi connectivity index (χ3v) is 4.15. The number of halogens is 2. The average molecular weight is 419 g/mol. The van der Waals surface area contributed by atoms with Crippen LogP contribution in [0.2, 0.25) is 0 Å². The summed E-state index contributed by atoms with van der Waals surface area (Å²) in [7, 11) is 0. The largest absolute Gasteiger partial charge is 0.481 e. The van der Waals surface area contributed by atoms with Crippen LogP contribution in [0.4, 0.5) is 8.78 Å². The Bertz CT molecular complexity index is 886. The van der Waals surface area contributed by atoms with Crippen molar-refractivity contribution in [2.75, 3.05) is 0 Å². The molecule has 2 aromatic rings. The minimum absolute atomic E-state index is 0.195. The molecule has 2 rings (SSSR count). The molecule has 30 heavy (non-hydrogen) atoms. The Morgan fingerprint density at radius 3 is 1.83 bits per heavy atom. The van der Waals surface area contributed by atoms with E-state index in [0.29, 0.717) is 0 Å². The fourth-order valence-corrected chi connectivity index (χ4v) is 2.43. The fraction of sp³-hybridized carbons (Fsp3) is 0.286. The Morgan fingerprint density at radius 1 is 0.800 bits per heavy atom. The average Bonchev–Trinajstić information content (AvgIpc) is 2.71. The summed E-state index contributed by atoms with van der Waals surface area (Å²) in [5.41, 5.74) is 4.68. The molecular weight excluding hydrogens is 396 g/mol. The molecule has 0 bridgehead atoms. The quantitative estimate of drug-likeness (QED) is 0.600. The third kappa shape index (κ3) is 6.54. The van der Waals surface area contributed by atoms with Crippen LogP contribution in [0.25, 0.3) is 0 Å². The molecule has 0 saturated carbocycles. The summed E-state index contributed by atoms with van der Waals surface area (Å²) in [6.45, 7) is 4.90. The van der Waals surface area contributed by atoms with Gasteiger partial charge in [0.1, 0.15) is 23.4 Å². The van der Waals surface area contributed by atoms with Gasteiger partial charge < -0.3 is 10.1 Å². The van der Waals surface area contributed by atoms with E-state index >= 15 is 0 Å². The molecule has 0 saturated heterocycles. The standard InChI is InChI=1S/C21H23F2N3O4/c1-12(2)18(24-20(28)14-4-6-15(22)7-5-14)21(29)26-25-19(27)13(3)30-17-10-8-16(23)9-11-17/h4-13,18H,1-3H3,(H,24,28)(H,25,27)(H,26,29)/t13?,18-/m0/s1. The number of hydrogen-bond acceptors (Lipinski definition) is 4. The van der Waals surface area contributed by atoms with Gasteiger partial charge in [0.05, 0.1) is 0 Å². The molecule has 0 fully saturated rings. The number of carbonyl (C=O) groups is 3. The number of benzene rings is 2. The molecule has 1 unspecified atom stereocenters. The second-order valence-electron chi connectivity index (χ2n) is 6.89. The topological polar surface area (TPSA) is 96.5 Å². The molecule has 0 heterocycles. The van der Waals surface area contributed by atoms with Crippen LogP contribution in [0.1, 0.15) is 31.1 Å². The predicted molar refractivity (Wildman–Crippen MR) is 105 cm³/mol. The number of nitrogens with one attached hydrogen (secondary N) is 3. The van der Waals surface area contributed by atoms with Crippen LogP contribution >= 0.6 is 0 Å². The van der Waals surface area contributed by atoms with Gasteiger partial charge in [0, 0.05) is 5.56 Å². The van der Waals surface area contributed by atoms with Crippen LogP contribution in [-0.4, -0.2) is 29.9 Å². The van der Waals surface area contributed by atoms with E-state index in [1.54, 1.807) is 13.8 Å². The van der Waals surface area contributed by atoms with Crippen molar-refractivity contribution in [1.82, 2.24) is 16.2 Å². The van der Waals surface area contributed by atoms with Crippen LogP contribution in [0.5, 0.6) is 5.75 Å². The van der Waals surface area contributed by atoms with Crippen molar-refractivity contribution in [1.29, 1.82) is 0 Å². The van der Waals surface area contributed by atoms with Gasteiger partial charge >= 0.3 is 0 Å². The zero-order valence-corrected chi connectivity index (χ0v) is 16.7. The van der Waals surface area contributed by atoms with Gasteiger partial charge in [-0.3, -0.25) is 25.2 Å². The first-order valence-electron chi connectivity index (χ1n) is 9.25. The van der Waals surface area contributed by atoms with Crippen molar-refractivity contribution in [3.8, 4) is 5.75 Å². The smallest absolute Gasteiger partial charge is 0.279 e. The highest BCUT2D eigenvalue weighted by atomic mass is 19.1.